The van der Waals surface area contributed by atoms with Crippen molar-refractivity contribution in [3.8, 4) is 0 Å². The fourth-order valence-corrected chi connectivity index (χ4v) is 5.00. The average molecular weight is 672 g/mol. The second kappa shape index (κ2) is 18.5. The van der Waals surface area contributed by atoms with E-state index in [1.165, 1.54) is 6.92 Å². The zero-order valence-corrected chi connectivity index (χ0v) is 27.1. The maximum Gasteiger partial charge on any atom is 0.408 e. The molecule has 0 aliphatic rings. The van der Waals surface area contributed by atoms with Crippen molar-refractivity contribution in [1.29, 1.82) is 0 Å². The molecule has 0 aliphatic heterocycles. The normalized spacial score (nSPS) is 12.6. The molecule has 0 bridgehead atoms. The third kappa shape index (κ3) is 11.7. The van der Waals surface area contributed by atoms with Crippen LogP contribution in [-0.4, -0.2) is 64.7 Å². The highest BCUT2D eigenvalue weighted by Gasteiger charge is 2.29. The molecule has 258 valence electrons. The van der Waals surface area contributed by atoms with Gasteiger partial charge in [-0.05, 0) is 48.9 Å². The van der Waals surface area contributed by atoms with Crippen LogP contribution in [0.5, 0.6) is 0 Å². The Morgan fingerprint density at radius 2 is 1.31 bits per heavy atom. The molecule has 6 N–H and O–H groups in total. The van der Waals surface area contributed by atoms with Crippen molar-refractivity contribution in [3.63, 3.8) is 0 Å². The zero-order chi connectivity index (χ0) is 35.0. The molecule has 4 aromatic rings. The van der Waals surface area contributed by atoms with E-state index < -0.39 is 48.1 Å². The quantitative estimate of drug-likeness (QED) is 0.0902. The number of amides is 4. The highest BCUT2D eigenvalue weighted by molar-refractivity contribution is 5.93. The van der Waals surface area contributed by atoms with Crippen LogP contribution in [0.1, 0.15) is 42.9 Å². The maximum absolute atomic E-state index is 13.5. The summed E-state index contributed by atoms with van der Waals surface area (Å²) in [5.41, 5.74) is 3.19. The Kier molecular flexibility index (Phi) is 13.6. The van der Waals surface area contributed by atoms with Crippen LogP contribution in [0.2, 0.25) is 0 Å². The number of H-pyrrole nitrogens is 1. The summed E-state index contributed by atoms with van der Waals surface area (Å²) in [6.45, 7) is 1.85. The zero-order valence-electron chi connectivity index (χ0n) is 27.1. The molecule has 13 nitrogen and oxygen atoms in total. The van der Waals surface area contributed by atoms with Gasteiger partial charge in [-0.25, -0.2) is 14.4 Å². The van der Waals surface area contributed by atoms with Crippen molar-refractivity contribution in [3.05, 3.63) is 108 Å². The molecule has 49 heavy (non-hydrogen) atoms. The van der Waals surface area contributed by atoms with Crippen LogP contribution in [0.15, 0.2) is 91.1 Å². The Balaban J connectivity index is 1.31. The molecule has 0 spiro atoms. The summed E-state index contributed by atoms with van der Waals surface area (Å²) in [7, 11) is 0. The number of carboxylic acids is 1. The minimum Gasteiger partial charge on any atom is -0.480 e. The molecule has 3 aromatic carbocycles. The van der Waals surface area contributed by atoms with Crippen LogP contribution in [0.25, 0.3) is 10.9 Å². The molecule has 0 aliphatic carbocycles. The lowest BCUT2D eigenvalue weighted by atomic mass is 10.0. The van der Waals surface area contributed by atoms with E-state index in [-0.39, 0.29) is 32.6 Å². The van der Waals surface area contributed by atoms with Crippen LogP contribution in [-0.2, 0) is 43.5 Å². The van der Waals surface area contributed by atoms with Gasteiger partial charge in [-0.2, -0.15) is 0 Å². The smallest absolute Gasteiger partial charge is 0.408 e. The van der Waals surface area contributed by atoms with Crippen molar-refractivity contribution in [2.45, 2.75) is 63.9 Å². The number of hydrogen-bond donors (Lipinski definition) is 6. The van der Waals surface area contributed by atoms with E-state index in [1.54, 1.807) is 18.3 Å². The lowest BCUT2D eigenvalue weighted by Crippen LogP contribution is -2.55. The van der Waals surface area contributed by atoms with Gasteiger partial charge in [0.05, 0.1) is 0 Å². The first kappa shape index (κ1) is 36.0. The molecule has 0 saturated heterocycles. The largest absolute Gasteiger partial charge is 0.480 e. The van der Waals surface area contributed by atoms with E-state index in [1.807, 2.05) is 72.8 Å². The first-order chi connectivity index (χ1) is 23.7. The predicted molar refractivity (Wildman–Crippen MR) is 181 cm³/mol. The number of aliphatic carboxylic acids is 1. The van der Waals surface area contributed by atoms with Gasteiger partial charge in [0, 0.05) is 30.1 Å². The molecule has 0 radical (unpaired) electrons. The molecule has 3 atom stereocenters. The van der Waals surface area contributed by atoms with Gasteiger partial charge in [0.15, 0.2) is 0 Å². The van der Waals surface area contributed by atoms with Crippen LogP contribution in [0.4, 0.5) is 9.59 Å². The summed E-state index contributed by atoms with van der Waals surface area (Å²) in [5, 5.41) is 21.0. The summed E-state index contributed by atoms with van der Waals surface area (Å²) in [5.74, 6) is -2.60. The van der Waals surface area contributed by atoms with E-state index in [4.69, 9.17) is 9.47 Å². The number of fused-ring (bicyclic) bond motifs is 1. The number of benzene rings is 3. The van der Waals surface area contributed by atoms with Gasteiger partial charge in [0.1, 0.15) is 31.3 Å². The average Bonchev–Trinajstić information content (AvgIpc) is 3.52. The summed E-state index contributed by atoms with van der Waals surface area (Å²) in [6, 6.07) is 22.2. The molecule has 13 heteroatoms. The van der Waals surface area contributed by atoms with E-state index in [9.17, 15) is 29.1 Å². The highest BCUT2D eigenvalue weighted by atomic mass is 16.6. The van der Waals surface area contributed by atoms with E-state index >= 15 is 0 Å². The second-order valence-electron chi connectivity index (χ2n) is 11.4. The first-order valence-electron chi connectivity index (χ1n) is 16.0. The maximum atomic E-state index is 13.5. The van der Waals surface area contributed by atoms with Crippen molar-refractivity contribution >= 4 is 40.9 Å². The number of carbonyl (C=O) groups is 5. The van der Waals surface area contributed by atoms with E-state index in [0.29, 0.717) is 12.8 Å². The molecular formula is C36H41N5O8. The summed E-state index contributed by atoms with van der Waals surface area (Å²) < 4.78 is 10.4. The number of hydrogen-bond acceptors (Lipinski definition) is 7. The molecule has 4 amide bonds. The topological polar surface area (TPSA) is 188 Å². The van der Waals surface area contributed by atoms with Gasteiger partial charge in [0.25, 0.3) is 0 Å². The molecule has 0 unspecified atom stereocenters. The van der Waals surface area contributed by atoms with Gasteiger partial charge in [-0.1, -0.05) is 78.9 Å². The molecule has 1 heterocycles. The predicted octanol–water partition coefficient (Wildman–Crippen LogP) is 4.18. The van der Waals surface area contributed by atoms with Gasteiger partial charge in [-0.15, -0.1) is 0 Å². The van der Waals surface area contributed by atoms with Crippen molar-refractivity contribution in [2.24, 2.45) is 0 Å². The number of unbranched alkanes of at least 4 members (excludes halogenated alkanes) is 1. The lowest BCUT2D eigenvalue weighted by Gasteiger charge is -2.23. The fraction of sp³-hybridized carbons (Fsp3) is 0.306. The number of aromatic nitrogens is 1. The van der Waals surface area contributed by atoms with Crippen LogP contribution < -0.4 is 21.3 Å². The number of aromatic amines is 1. The van der Waals surface area contributed by atoms with Gasteiger partial charge in [0.2, 0.25) is 11.8 Å². The monoisotopic (exact) mass is 671 g/mol. The number of nitrogens with one attached hydrogen (secondary N) is 5. The SMILES string of the molecule is C[C@H](NC(=O)OCc1ccccc1)C(=O)N[C@@H](Cc1c[nH]c2ccccc12)C(=O)N[C@@H](CCCCNC(=O)OCc1ccccc1)C(=O)O. The number of alkyl carbamates (subject to hydrolysis) is 2. The van der Waals surface area contributed by atoms with Crippen LogP contribution in [0.3, 0.4) is 0 Å². The third-order valence-electron chi connectivity index (χ3n) is 7.69. The van der Waals surface area contributed by atoms with Crippen LogP contribution >= 0.6 is 0 Å². The number of carboxylic acid groups (broad SMARTS) is 1. The summed E-state index contributed by atoms with van der Waals surface area (Å²) in [6.07, 6.45) is 1.28. The molecule has 0 saturated carbocycles. The fourth-order valence-electron chi connectivity index (χ4n) is 5.00. The minimum absolute atomic E-state index is 0.0115. The van der Waals surface area contributed by atoms with E-state index in [2.05, 4.69) is 26.3 Å². The number of carbonyl (C=O) groups excluding carboxylic acids is 4. The van der Waals surface area contributed by atoms with Gasteiger partial charge >= 0.3 is 18.2 Å². The summed E-state index contributed by atoms with van der Waals surface area (Å²) >= 11 is 0. The molecule has 1 aromatic heterocycles. The van der Waals surface area contributed by atoms with Crippen molar-refractivity contribution < 1.29 is 38.6 Å². The highest BCUT2D eigenvalue weighted by Crippen LogP contribution is 2.19. The summed E-state index contributed by atoms with van der Waals surface area (Å²) in [4.78, 5) is 66.3. The van der Waals surface area contributed by atoms with Crippen molar-refractivity contribution in [1.82, 2.24) is 26.3 Å². The Bertz CT molecular complexity index is 1700. The number of rotatable bonds is 17. The number of para-hydroxylation sites is 1. The van der Waals surface area contributed by atoms with Gasteiger partial charge < -0.3 is 40.8 Å². The minimum atomic E-state index is -1.25. The second-order valence-corrected chi connectivity index (χ2v) is 11.4. The molecular weight excluding hydrogens is 630 g/mol. The first-order valence-corrected chi connectivity index (χ1v) is 16.0. The lowest BCUT2D eigenvalue weighted by molar-refractivity contribution is -0.142. The Morgan fingerprint density at radius 1 is 0.714 bits per heavy atom. The molecule has 4 rings (SSSR count). The standard InChI is InChI=1S/C36H41N5O8/c1-24(39-36(47)49-23-26-14-6-3-7-15-26)32(42)41-31(20-27-21-38-29-17-9-8-16-28(27)29)33(43)40-30(34(44)45)18-10-11-19-37-35(46)48-22-25-12-4-2-5-13-25/h2-9,12-17,21,24,30-31,38H,10-11,18-20,22-23H2,1H3,(H,37,46)(H,39,47)(H,40,43)(H,41,42)(H,44,45)/t24-,30-,31-/m0/s1. The Morgan fingerprint density at radius 3 is 1.96 bits per heavy atom. The Hall–Kier alpha value is -5.85. The van der Waals surface area contributed by atoms with Gasteiger partial charge in [-0.3, -0.25) is 9.59 Å². The Labute approximate surface area is 283 Å². The third-order valence-corrected chi connectivity index (χ3v) is 7.69. The number of ether oxygens (including phenoxy) is 2. The van der Waals surface area contributed by atoms with E-state index in [0.717, 1.165) is 27.6 Å². The van der Waals surface area contributed by atoms with Crippen LogP contribution in [0, 0.1) is 0 Å². The molecule has 0 fully saturated rings. The van der Waals surface area contributed by atoms with Crippen molar-refractivity contribution in [2.75, 3.05) is 6.54 Å².